The second-order valence-corrected chi connectivity index (χ2v) is 12.7. The fraction of sp³-hybridized carbons (Fsp3) is 0.458. The minimum atomic E-state index is -3.52. The second kappa shape index (κ2) is 10.9. The largest absolute Gasteiger partial charge is 0.326 e. The summed E-state index contributed by atoms with van der Waals surface area (Å²) in [5.74, 6) is -0.263. The molecule has 3 rings (SSSR count). The minimum absolute atomic E-state index is 0.130. The van der Waals surface area contributed by atoms with E-state index in [2.05, 4.69) is 5.32 Å². The molecule has 2 aromatic carbocycles. The number of sulfonamides is 2. The van der Waals surface area contributed by atoms with Crippen LogP contribution in [0.15, 0.2) is 47.4 Å². The predicted octanol–water partition coefficient (Wildman–Crippen LogP) is 3.66. The van der Waals surface area contributed by atoms with E-state index in [1.54, 1.807) is 12.1 Å². The van der Waals surface area contributed by atoms with Crippen molar-refractivity contribution in [2.75, 3.05) is 35.5 Å². The number of benzene rings is 2. The standard InChI is InChI=1S/C24H33N3O5S2/c1-19-16-20(2)18-22(17-19)27(33(3,29)30)15-7-8-24(28)25-21-9-11-23(12-10-21)34(31,32)26-13-5-4-6-14-26/h9-12,16-18H,4-8,13-15H2,1-3H3,(H,25,28). The average molecular weight is 508 g/mol. The van der Waals surface area contributed by atoms with Gasteiger partial charge in [0.25, 0.3) is 0 Å². The van der Waals surface area contributed by atoms with Crippen LogP contribution in [0.1, 0.15) is 43.2 Å². The molecule has 1 aliphatic rings. The van der Waals surface area contributed by atoms with Crippen molar-refractivity contribution in [2.24, 2.45) is 0 Å². The van der Waals surface area contributed by atoms with Crippen LogP contribution in [0.4, 0.5) is 11.4 Å². The first kappa shape index (κ1) is 26.2. The van der Waals surface area contributed by atoms with E-state index in [9.17, 15) is 21.6 Å². The Kier molecular flexibility index (Phi) is 8.38. The van der Waals surface area contributed by atoms with Crippen LogP contribution in [0.3, 0.4) is 0 Å². The van der Waals surface area contributed by atoms with Gasteiger partial charge < -0.3 is 5.32 Å². The molecule has 1 heterocycles. The van der Waals surface area contributed by atoms with Gasteiger partial charge in [-0.2, -0.15) is 4.31 Å². The van der Waals surface area contributed by atoms with Gasteiger partial charge in [-0.05, 0) is 80.6 Å². The Hall–Kier alpha value is -2.43. The first-order valence-corrected chi connectivity index (χ1v) is 14.7. The molecule has 0 aromatic heterocycles. The van der Waals surface area contributed by atoms with Crippen LogP contribution in [0.5, 0.6) is 0 Å². The van der Waals surface area contributed by atoms with Crippen LogP contribution in [0, 0.1) is 13.8 Å². The topological polar surface area (TPSA) is 104 Å². The van der Waals surface area contributed by atoms with Gasteiger partial charge in [0.1, 0.15) is 0 Å². The van der Waals surface area contributed by atoms with Gasteiger partial charge >= 0.3 is 0 Å². The molecule has 1 N–H and O–H groups in total. The smallest absolute Gasteiger partial charge is 0.243 e. The van der Waals surface area contributed by atoms with Crippen LogP contribution in [0.25, 0.3) is 0 Å². The summed E-state index contributed by atoms with van der Waals surface area (Å²) in [7, 11) is -7.02. The maximum absolute atomic E-state index is 12.8. The summed E-state index contributed by atoms with van der Waals surface area (Å²) in [6.45, 7) is 5.07. The van der Waals surface area contributed by atoms with E-state index in [-0.39, 0.29) is 23.8 Å². The number of hydrogen-bond acceptors (Lipinski definition) is 5. The van der Waals surface area contributed by atoms with Crippen LogP contribution in [0.2, 0.25) is 0 Å². The Labute approximate surface area is 203 Å². The third kappa shape index (κ3) is 6.80. The summed E-state index contributed by atoms with van der Waals surface area (Å²) in [5.41, 5.74) is 3.02. The molecule has 1 saturated heterocycles. The maximum atomic E-state index is 12.8. The lowest BCUT2D eigenvalue weighted by atomic mass is 10.1. The third-order valence-corrected chi connectivity index (χ3v) is 8.86. The number of carbonyl (C=O) groups excluding carboxylic acids is 1. The molecular formula is C24H33N3O5S2. The lowest BCUT2D eigenvalue weighted by Crippen LogP contribution is -2.35. The number of anilines is 2. The highest BCUT2D eigenvalue weighted by Crippen LogP contribution is 2.23. The minimum Gasteiger partial charge on any atom is -0.326 e. The second-order valence-electron chi connectivity index (χ2n) is 8.82. The van der Waals surface area contributed by atoms with Crippen molar-refractivity contribution in [2.45, 2.75) is 50.8 Å². The summed E-state index contributed by atoms with van der Waals surface area (Å²) < 4.78 is 53.0. The molecule has 34 heavy (non-hydrogen) atoms. The number of nitrogens with one attached hydrogen (secondary N) is 1. The first-order valence-electron chi connectivity index (χ1n) is 11.4. The molecule has 0 saturated carbocycles. The molecule has 0 radical (unpaired) electrons. The molecule has 1 amide bonds. The highest BCUT2D eigenvalue weighted by molar-refractivity contribution is 7.92. The van der Waals surface area contributed by atoms with E-state index in [1.165, 1.54) is 20.7 Å². The van der Waals surface area contributed by atoms with Gasteiger partial charge in [0.05, 0.1) is 16.8 Å². The van der Waals surface area contributed by atoms with Gasteiger partial charge in [-0.1, -0.05) is 12.5 Å². The van der Waals surface area contributed by atoms with Crippen molar-refractivity contribution >= 4 is 37.3 Å². The molecule has 0 bridgehead atoms. The normalized spacial score (nSPS) is 15.1. The molecule has 10 heteroatoms. The molecule has 0 unspecified atom stereocenters. The lowest BCUT2D eigenvalue weighted by molar-refractivity contribution is -0.116. The molecule has 8 nitrogen and oxygen atoms in total. The molecule has 1 aliphatic heterocycles. The number of amides is 1. The molecule has 186 valence electrons. The third-order valence-electron chi connectivity index (χ3n) is 5.75. The molecule has 0 atom stereocenters. The van der Waals surface area contributed by atoms with E-state index < -0.39 is 20.0 Å². The summed E-state index contributed by atoms with van der Waals surface area (Å²) >= 11 is 0. The summed E-state index contributed by atoms with van der Waals surface area (Å²) in [5, 5.41) is 2.76. The predicted molar refractivity (Wildman–Crippen MR) is 135 cm³/mol. The monoisotopic (exact) mass is 507 g/mol. The Morgan fingerprint density at radius 2 is 1.53 bits per heavy atom. The highest BCUT2D eigenvalue weighted by atomic mass is 32.2. The number of nitrogens with zero attached hydrogens (tertiary/aromatic N) is 2. The fourth-order valence-electron chi connectivity index (χ4n) is 4.15. The van der Waals surface area contributed by atoms with E-state index in [4.69, 9.17) is 0 Å². The first-order chi connectivity index (χ1) is 16.0. The lowest BCUT2D eigenvalue weighted by Gasteiger charge is -2.25. The Morgan fingerprint density at radius 1 is 0.941 bits per heavy atom. The van der Waals surface area contributed by atoms with Crippen molar-refractivity contribution in [1.82, 2.24) is 4.31 Å². The van der Waals surface area contributed by atoms with Crippen LogP contribution in [-0.4, -0.2) is 52.9 Å². The van der Waals surface area contributed by atoms with Gasteiger partial charge in [0.2, 0.25) is 26.0 Å². The fourth-order valence-corrected chi connectivity index (χ4v) is 6.62. The van der Waals surface area contributed by atoms with Crippen LogP contribution >= 0.6 is 0 Å². The van der Waals surface area contributed by atoms with Crippen molar-refractivity contribution in [3.63, 3.8) is 0 Å². The van der Waals surface area contributed by atoms with Crippen molar-refractivity contribution in [1.29, 1.82) is 0 Å². The van der Waals surface area contributed by atoms with Gasteiger partial charge in [-0.25, -0.2) is 16.8 Å². The highest BCUT2D eigenvalue weighted by Gasteiger charge is 2.25. The van der Waals surface area contributed by atoms with E-state index in [0.29, 0.717) is 30.9 Å². The van der Waals surface area contributed by atoms with Crippen molar-refractivity contribution in [3.05, 3.63) is 53.6 Å². The zero-order valence-corrected chi connectivity index (χ0v) is 21.6. The van der Waals surface area contributed by atoms with Gasteiger partial charge in [-0.3, -0.25) is 9.10 Å². The SMILES string of the molecule is Cc1cc(C)cc(N(CCCC(=O)Nc2ccc(S(=O)(=O)N3CCCCC3)cc2)S(C)(=O)=O)c1. The number of aryl methyl sites for hydroxylation is 2. The average Bonchev–Trinajstić information content (AvgIpc) is 2.76. The van der Waals surface area contributed by atoms with E-state index in [1.807, 2.05) is 32.0 Å². The Morgan fingerprint density at radius 3 is 2.09 bits per heavy atom. The van der Waals surface area contributed by atoms with Crippen LogP contribution in [-0.2, 0) is 24.8 Å². The number of rotatable bonds is 9. The maximum Gasteiger partial charge on any atom is 0.243 e. The summed E-state index contributed by atoms with van der Waals surface area (Å²) in [6, 6.07) is 11.8. The molecular weight excluding hydrogens is 474 g/mol. The van der Waals surface area contributed by atoms with Crippen molar-refractivity contribution in [3.8, 4) is 0 Å². The van der Waals surface area contributed by atoms with Crippen molar-refractivity contribution < 1.29 is 21.6 Å². The number of piperidine rings is 1. The van der Waals surface area contributed by atoms with Gasteiger partial charge in [0.15, 0.2) is 0 Å². The van der Waals surface area contributed by atoms with E-state index >= 15 is 0 Å². The number of carbonyl (C=O) groups is 1. The quantitative estimate of drug-likeness (QED) is 0.558. The molecule has 2 aromatic rings. The summed E-state index contributed by atoms with van der Waals surface area (Å²) in [4.78, 5) is 12.6. The zero-order chi connectivity index (χ0) is 24.9. The zero-order valence-electron chi connectivity index (χ0n) is 20.0. The molecule has 0 aliphatic carbocycles. The Balaban J connectivity index is 1.58. The van der Waals surface area contributed by atoms with Gasteiger partial charge in [-0.15, -0.1) is 0 Å². The summed E-state index contributed by atoms with van der Waals surface area (Å²) in [6.07, 6.45) is 4.41. The van der Waals surface area contributed by atoms with Gasteiger partial charge in [0, 0.05) is 31.7 Å². The number of hydrogen-bond donors (Lipinski definition) is 1. The molecule has 1 fully saturated rings. The molecule has 0 spiro atoms. The Bertz CT molecular complexity index is 1200. The van der Waals surface area contributed by atoms with Crippen LogP contribution < -0.4 is 9.62 Å². The van der Waals surface area contributed by atoms with E-state index in [0.717, 1.165) is 36.6 Å².